The van der Waals surface area contributed by atoms with E-state index in [1.54, 1.807) is 21.3 Å². The minimum atomic E-state index is -0.273. The molecule has 4 heteroatoms. The lowest BCUT2D eigenvalue weighted by Crippen LogP contribution is -2.43. The molecule has 94 valence electrons. The van der Waals surface area contributed by atoms with Gasteiger partial charge in [-0.3, -0.25) is 0 Å². The highest BCUT2D eigenvalue weighted by molar-refractivity contribution is 5.53. The highest BCUT2D eigenvalue weighted by Gasteiger charge is 2.37. The summed E-state index contributed by atoms with van der Waals surface area (Å²) in [4.78, 5) is 0. The smallest absolute Gasteiger partial charge is 0.164 e. The Balaban J connectivity index is 2.49. The molecule has 2 N–H and O–H groups in total. The van der Waals surface area contributed by atoms with Gasteiger partial charge >= 0.3 is 0 Å². The first-order valence-corrected chi connectivity index (χ1v) is 5.74. The number of ether oxygens (including phenoxy) is 3. The molecule has 0 aliphatic heterocycles. The summed E-state index contributed by atoms with van der Waals surface area (Å²) in [5.74, 6) is 2.13. The van der Waals surface area contributed by atoms with Crippen molar-refractivity contribution in [1.29, 1.82) is 0 Å². The van der Waals surface area contributed by atoms with E-state index in [-0.39, 0.29) is 5.54 Å². The van der Waals surface area contributed by atoms with Crippen LogP contribution in [0.5, 0.6) is 17.2 Å². The molecule has 0 radical (unpaired) electrons. The van der Waals surface area contributed by atoms with Crippen molar-refractivity contribution >= 4 is 0 Å². The number of hydrogen-bond donors (Lipinski definition) is 1. The standard InChI is InChI=1S/C13H19NO3/c1-15-10-8-12(17-3)11(16-2)7-9(10)13(14)5-4-6-13/h7-8H,4-6,14H2,1-3H3. The molecule has 17 heavy (non-hydrogen) atoms. The molecule has 0 spiro atoms. The van der Waals surface area contributed by atoms with Crippen LogP contribution in [0.15, 0.2) is 12.1 Å². The summed E-state index contributed by atoms with van der Waals surface area (Å²) in [6.45, 7) is 0. The van der Waals surface area contributed by atoms with Crippen LogP contribution in [0.25, 0.3) is 0 Å². The molecule has 1 saturated carbocycles. The molecule has 0 amide bonds. The fourth-order valence-corrected chi connectivity index (χ4v) is 2.25. The van der Waals surface area contributed by atoms with Crippen molar-refractivity contribution in [1.82, 2.24) is 0 Å². The molecule has 0 aromatic heterocycles. The van der Waals surface area contributed by atoms with Gasteiger partial charge in [-0.25, -0.2) is 0 Å². The van der Waals surface area contributed by atoms with E-state index in [1.165, 1.54) is 0 Å². The normalized spacial score (nSPS) is 17.2. The third-order valence-corrected chi connectivity index (χ3v) is 3.49. The zero-order chi connectivity index (χ0) is 12.5. The summed E-state index contributed by atoms with van der Waals surface area (Å²) in [5, 5.41) is 0. The minimum Gasteiger partial charge on any atom is -0.496 e. The second-order valence-electron chi connectivity index (χ2n) is 4.42. The van der Waals surface area contributed by atoms with Crippen molar-refractivity contribution < 1.29 is 14.2 Å². The summed E-state index contributed by atoms with van der Waals surface area (Å²) in [5.41, 5.74) is 7.07. The quantitative estimate of drug-likeness (QED) is 0.870. The van der Waals surface area contributed by atoms with E-state index in [0.717, 1.165) is 30.6 Å². The van der Waals surface area contributed by atoms with Gasteiger partial charge in [0.2, 0.25) is 0 Å². The Morgan fingerprint density at radius 3 is 1.88 bits per heavy atom. The van der Waals surface area contributed by atoms with Crippen molar-refractivity contribution in [2.24, 2.45) is 5.73 Å². The molecule has 1 aliphatic rings. The molecule has 4 nitrogen and oxygen atoms in total. The lowest BCUT2D eigenvalue weighted by atomic mass is 9.72. The Labute approximate surface area is 102 Å². The topological polar surface area (TPSA) is 53.7 Å². The Bertz CT molecular complexity index is 413. The number of hydrogen-bond acceptors (Lipinski definition) is 4. The van der Waals surface area contributed by atoms with E-state index in [1.807, 2.05) is 12.1 Å². The highest BCUT2D eigenvalue weighted by atomic mass is 16.5. The van der Waals surface area contributed by atoms with Gasteiger partial charge in [0, 0.05) is 17.2 Å². The number of benzene rings is 1. The van der Waals surface area contributed by atoms with Gasteiger partial charge in [0.15, 0.2) is 11.5 Å². The van der Waals surface area contributed by atoms with E-state index in [9.17, 15) is 0 Å². The molecule has 1 aromatic rings. The number of methoxy groups -OCH3 is 3. The largest absolute Gasteiger partial charge is 0.496 e. The molecule has 0 heterocycles. The van der Waals surface area contributed by atoms with Crippen molar-refractivity contribution in [2.45, 2.75) is 24.8 Å². The first-order chi connectivity index (χ1) is 8.14. The van der Waals surface area contributed by atoms with E-state index in [2.05, 4.69) is 0 Å². The number of nitrogens with two attached hydrogens (primary N) is 1. The van der Waals surface area contributed by atoms with Crippen LogP contribution < -0.4 is 19.9 Å². The third kappa shape index (κ3) is 1.93. The van der Waals surface area contributed by atoms with Gasteiger partial charge in [-0.15, -0.1) is 0 Å². The van der Waals surface area contributed by atoms with Crippen molar-refractivity contribution in [3.63, 3.8) is 0 Å². The van der Waals surface area contributed by atoms with Gasteiger partial charge in [0.25, 0.3) is 0 Å². The third-order valence-electron chi connectivity index (χ3n) is 3.49. The average molecular weight is 237 g/mol. The van der Waals surface area contributed by atoms with Crippen molar-refractivity contribution in [3.8, 4) is 17.2 Å². The zero-order valence-corrected chi connectivity index (χ0v) is 10.6. The Morgan fingerprint density at radius 2 is 1.47 bits per heavy atom. The predicted octanol–water partition coefficient (Wildman–Crippen LogP) is 2.05. The van der Waals surface area contributed by atoms with E-state index in [0.29, 0.717) is 11.5 Å². The molecule has 0 saturated heterocycles. The molecule has 0 unspecified atom stereocenters. The maximum Gasteiger partial charge on any atom is 0.164 e. The van der Waals surface area contributed by atoms with Gasteiger partial charge in [-0.05, 0) is 25.3 Å². The van der Waals surface area contributed by atoms with E-state index >= 15 is 0 Å². The van der Waals surface area contributed by atoms with Crippen LogP contribution in [-0.4, -0.2) is 21.3 Å². The molecule has 1 aromatic carbocycles. The summed E-state index contributed by atoms with van der Waals surface area (Å²) in [6, 6.07) is 3.76. The summed E-state index contributed by atoms with van der Waals surface area (Å²) >= 11 is 0. The van der Waals surface area contributed by atoms with Crippen LogP contribution in [0, 0.1) is 0 Å². The van der Waals surface area contributed by atoms with Gasteiger partial charge in [0.1, 0.15) is 5.75 Å². The highest BCUT2D eigenvalue weighted by Crippen LogP contribution is 2.46. The zero-order valence-electron chi connectivity index (χ0n) is 10.6. The molecular weight excluding hydrogens is 218 g/mol. The second kappa shape index (κ2) is 4.45. The van der Waals surface area contributed by atoms with Crippen molar-refractivity contribution in [2.75, 3.05) is 21.3 Å². The summed E-state index contributed by atoms with van der Waals surface area (Å²) in [6.07, 6.45) is 3.13. The van der Waals surface area contributed by atoms with Gasteiger partial charge in [-0.1, -0.05) is 0 Å². The molecule has 1 aliphatic carbocycles. The van der Waals surface area contributed by atoms with Crippen LogP contribution in [-0.2, 0) is 5.54 Å². The first kappa shape index (κ1) is 12.0. The average Bonchev–Trinajstić information content (AvgIpc) is 2.34. The number of rotatable bonds is 4. The maximum absolute atomic E-state index is 6.34. The lowest BCUT2D eigenvalue weighted by Gasteiger charge is -2.39. The summed E-state index contributed by atoms with van der Waals surface area (Å²) < 4.78 is 16.0. The Morgan fingerprint density at radius 1 is 0.941 bits per heavy atom. The SMILES string of the molecule is COc1cc(OC)c(C2(N)CCC2)cc1OC. The maximum atomic E-state index is 6.34. The van der Waals surface area contributed by atoms with Crippen LogP contribution in [0.1, 0.15) is 24.8 Å². The fraction of sp³-hybridized carbons (Fsp3) is 0.538. The van der Waals surface area contributed by atoms with Gasteiger partial charge < -0.3 is 19.9 Å². The van der Waals surface area contributed by atoms with E-state index < -0.39 is 0 Å². The van der Waals surface area contributed by atoms with Gasteiger partial charge in [-0.2, -0.15) is 0 Å². The fourth-order valence-electron chi connectivity index (χ4n) is 2.25. The minimum absolute atomic E-state index is 0.273. The molecule has 2 rings (SSSR count). The van der Waals surface area contributed by atoms with Gasteiger partial charge in [0.05, 0.1) is 21.3 Å². The monoisotopic (exact) mass is 237 g/mol. The lowest BCUT2D eigenvalue weighted by molar-refractivity contribution is 0.241. The Kier molecular flexibility index (Phi) is 3.15. The molecule has 1 fully saturated rings. The Hall–Kier alpha value is -1.42. The van der Waals surface area contributed by atoms with Crippen molar-refractivity contribution in [3.05, 3.63) is 17.7 Å². The predicted molar refractivity (Wildman–Crippen MR) is 65.8 cm³/mol. The van der Waals surface area contributed by atoms with E-state index in [4.69, 9.17) is 19.9 Å². The summed E-state index contributed by atoms with van der Waals surface area (Å²) in [7, 11) is 4.88. The van der Waals surface area contributed by atoms with Crippen LogP contribution in [0.3, 0.4) is 0 Å². The second-order valence-corrected chi connectivity index (χ2v) is 4.42. The van der Waals surface area contributed by atoms with Crippen LogP contribution in [0.2, 0.25) is 0 Å². The first-order valence-electron chi connectivity index (χ1n) is 5.74. The molecule has 0 bridgehead atoms. The van der Waals surface area contributed by atoms with Crippen LogP contribution in [0.4, 0.5) is 0 Å². The molecule has 0 atom stereocenters. The molecular formula is C13H19NO3. The van der Waals surface area contributed by atoms with Crippen LogP contribution >= 0.6 is 0 Å².